The van der Waals surface area contributed by atoms with Gasteiger partial charge in [0.2, 0.25) is 16.7 Å². The Morgan fingerprint density at radius 2 is 0.752 bits per heavy atom. The molecule has 21 nitrogen and oxygen atoms in total. The molecule has 9 heterocycles. The molecule has 0 aliphatic rings. The van der Waals surface area contributed by atoms with Crippen molar-refractivity contribution in [1.82, 2.24) is 43.4 Å². The lowest BCUT2D eigenvalue weighted by molar-refractivity contribution is 0.0606. The van der Waals surface area contributed by atoms with Crippen LogP contribution in [0.15, 0.2) is 195 Å². The second-order valence-electron chi connectivity index (χ2n) is 29.2. The summed E-state index contributed by atoms with van der Waals surface area (Å²) in [6, 6.07) is 40.7. The van der Waals surface area contributed by atoms with Crippen LogP contribution in [0.5, 0.6) is 0 Å². The zero-order chi connectivity index (χ0) is 83.5. The highest BCUT2D eigenvalue weighted by Crippen LogP contribution is 2.39. The maximum atomic E-state index is 14.2. The van der Waals surface area contributed by atoms with Crippen LogP contribution in [0.3, 0.4) is 0 Å². The first-order valence-corrected chi connectivity index (χ1v) is 42.0. The van der Waals surface area contributed by atoms with Gasteiger partial charge in [-0.05, 0) is 181 Å². The summed E-state index contributed by atoms with van der Waals surface area (Å²) in [6.45, 7) is 17.6. The molecule has 606 valence electrons. The van der Waals surface area contributed by atoms with Gasteiger partial charge in [-0.15, -0.1) is 34.0 Å². The third-order valence-electron chi connectivity index (χ3n) is 19.8. The van der Waals surface area contributed by atoms with Crippen LogP contribution in [0.1, 0.15) is 134 Å². The van der Waals surface area contributed by atoms with Gasteiger partial charge in [0.1, 0.15) is 68.2 Å². The average molecular weight is 1770 g/mol. The molecular formula is C86H81BrCl3F3N12O9S3. The maximum Gasteiger partial charge on any atom is 0.297 e. The van der Waals surface area contributed by atoms with Crippen molar-refractivity contribution < 1.29 is 40.8 Å². The molecule has 6 N–H and O–H groups in total. The topological polar surface area (TPSA) is 283 Å². The number of carbonyl (C=O) groups excluding carboxylic acids is 3. The zero-order valence-electron chi connectivity index (χ0n) is 64.7. The van der Waals surface area contributed by atoms with Gasteiger partial charge in [-0.25, -0.2) is 28.1 Å². The lowest BCUT2D eigenvalue weighted by Gasteiger charge is -2.35. The molecule has 0 aliphatic heterocycles. The normalized spacial score (nSPS) is 12.5. The molecule has 15 aromatic rings. The fourth-order valence-electron chi connectivity index (χ4n) is 14.4. The summed E-state index contributed by atoms with van der Waals surface area (Å²) in [7, 11) is 0. The number of hydrogen-bond donors (Lipinski definition) is 3. The van der Waals surface area contributed by atoms with E-state index in [1.165, 1.54) is 97.7 Å². The van der Waals surface area contributed by atoms with Gasteiger partial charge in [-0.1, -0.05) is 112 Å². The van der Waals surface area contributed by atoms with Gasteiger partial charge in [0.15, 0.2) is 0 Å². The van der Waals surface area contributed by atoms with Gasteiger partial charge >= 0.3 is 0 Å². The molecule has 31 heteroatoms. The summed E-state index contributed by atoms with van der Waals surface area (Å²) in [4.78, 5) is 106. The molecule has 3 amide bonds. The van der Waals surface area contributed by atoms with E-state index in [0.29, 0.717) is 80.8 Å². The molecule has 9 aromatic heterocycles. The molecule has 0 spiro atoms. The number of furan rings is 3. The largest absolute Gasteiger partial charge is 0.448 e. The predicted octanol–water partition coefficient (Wildman–Crippen LogP) is 18.9. The number of rotatable bonds is 24. The van der Waals surface area contributed by atoms with Crippen LogP contribution < -0.4 is 33.9 Å². The summed E-state index contributed by atoms with van der Waals surface area (Å²) < 4.78 is 66.9. The van der Waals surface area contributed by atoms with Crippen LogP contribution in [0.25, 0.3) is 66.2 Å². The van der Waals surface area contributed by atoms with Crippen molar-refractivity contribution in [3.63, 3.8) is 0 Å². The molecule has 3 unspecified atom stereocenters. The first-order valence-electron chi connectivity index (χ1n) is 37.5. The molecule has 0 bridgehead atoms. The summed E-state index contributed by atoms with van der Waals surface area (Å²) in [5.74, 6) is -1.46. The van der Waals surface area contributed by atoms with Crippen LogP contribution in [-0.4, -0.2) is 100 Å². The van der Waals surface area contributed by atoms with Crippen molar-refractivity contribution in [3.05, 3.63) is 290 Å². The zero-order valence-corrected chi connectivity index (χ0v) is 71.0. The third kappa shape index (κ3) is 18.2. The number of thiophene rings is 3. The maximum absolute atomic E-state index is 14.2. The molecule has 0 aliphatic carbocycles. The Hall–Kier alpha value is -10.1. The van der Waals surface area contributed by atoms with E-state index in [1.807, 2.05) is 103 Å². The monoisotopic (exact) mass is 1760 g/mol. The van der Waals surface area contributed by atoms with Crippen molar-refractivity contribution in [3.8, 4) is 0 Å². The number of hydrogen-bond acceptors (Lipinski definition) is 18. The molecule has 0 saturated heterocycles. The van der Waals surface area contributed by atoms with E-state index < -0.39 is 52.3 Å². The summed E-state index contributed by atoms with van der Waals surface area (Å²) in [5.41, 5.74) is 22.2. The third-order valence-corrected chi connectivity index (χ3v) is 24.2. The van der Waals surface area contributed by atoms with Gasteiger partial charge in [0.05, 0.1) is 46.4 Å². The molecular weight excluding hydrogens is 1680 g/mol. The highest BCUT2D eigenvalue weighted by Gasteiger charge is 2.38. The Kier molecular flexibility index (Phi) is 26.4. The Morgan fingerprint density at radius 3 is 1.03 bits per heavy atom. The standard InChI is InChI=1S/C29H28BrFN4O3S.C29H28ClFN4O3S.C28H25Cl2FN4O3S/c1-16(2)25(34(11-10-32)28(36)18-6-4-17(3)5-7-18)27-33-24-22-13-20(31)8-9-23(22)38-26(24)29(37)35(27)14-21-12-19(30)15-39-21;1-16(2)25(34(13-12-32)28(36)18-6-4-17(3)5-7-18)27-33-24-21-14-19(31)8-10-22(21)38-26(24)29(37)35(27)15-20-9-11-23(30)39-20;1-15(2)24(34(12-11-32)27(36)16-3-5-17(29)6-4-16)26-33-23-20-13-18(31)7-9-21(20)38-25(23)28(37)35(26)14-19-8-10-22(30)39-19/h4-9,12-13,15-16,25H,10-11,14,32H2,1-3H3;4-11,14,16,25H,12-13,15,32H2,1-3H3;3-10,13,15,24H,11-12,14,32H2,1-2H3. The van der Waals surface area contributed by atoms with Gasteiger partial charge in [-0.3, -0.25) is 42.5 Å². The Labute approximate surface area is 704 Å². The number of nitrogens with zero attached hydrogens (tertiary/aromatic N) is 9. The second kappa shape index (κ2) is 36.4. The van der Waals surface area contributed by atoms with Gasteiger partial charge < -0.3 is 45.2 Å². The predicted molar refractivity (Wildman–Crippen MR) is 462 cm³/mol. The minimum absolute atomic E-state index is 0.0129. The van der Waals surface area contributed by atoms with Gasteiger partial charge in [0.25, 0.3) is 34.4 Å². The summed E-state index contributed by atoms with van der Waals surface area (Å²) in [5, 5.41) is 3.63. The van der Waals surface area contributed by atoms with Crippen LogP contribution in [0.4, 0.5) is 13.2 Å². The van der Waals surface area contributed by atoms with Crippen molar-refractivity contribution in [2.24, 2.45) is 35.0 Å². The highest BCUT2D eigenvalue weighted by molar-refractivity contribution is 9.10. The number of aryl methyl sites for hydroxylation is 2. The fraction of sp³-hybridized carbons (Fsp3) is 0.267. The molecule has 0 fully saturated rings. The summed E-state index contributed by atoms with van der Waals surface area (Å²) in [6.07, 6.45) is 0. The molecule has 0 saturated carbocycles. The lowest BCUT2D eigenvalue weighted by atomic mass is 9.99. The lowest BCUT2D eigenvalue weighted by Crippen LogP contribution is -2.43. The number of aromatic nitrogens is 6. The van der Waals surface area contributed by atoms with E-state index in [1.54, 1.807) is 79.9 Å². The average Bonchev–Trinajstić information content (AvgIpc) is 1.63. The highest BCUT2D eigenvalue weighted by atomic mass is 79.9. The van der Waals surface area contributed by atoms with E-state index >= 15 is 0 Å². The van der Waals surface area contributed by atoms with E-state index in [0.717, 1.165) is 30.2 Å². The number of benzene rings is 6. The SMILES string of the molecule is CC(C)C(c1nc2c(oc3ccc(F)cc32)c(=O)n1Cc1ccc(Cl)s1)N(CCN)C(=O)c1ccc(Cl)cc1.Cc1ccc(C(=O)N(CCN)C(c2nc3c(oc4ccc(F)cc43)c(=O)n2Cc2cc(Br)cs2)C(C)C)cc1.Cc1ccc(C(=O)N(CCN)C(c2nc3c(oc4ccc(F)cc43)c(=O)n2Cc2ccc(Cl)s2)C(C)C)cc1. The number of halogens is 7. The summed E-state index contributed by atoms with van der Waals surface area (Å²) >= 11 is 26.1. The Morgan fingerprint density at radius 1 is 0.444 bits per heavy atom. The van der Waals surface area contributed by atoms with Crippen molar-refractivity contribution in [2.75, 3.05) is 39.3 Å². The van der Waals surface area contributed by atoms with Gasteiger partial charge in [0, 0.05) is 102 Å². The molecule has 0 radical (unpaired) electrons. The smallest absolute Gasteiger partial charge is 0.297 e. The second-order valence-corrected chi connectivity index (χ2v) is 35.1. The number of nitrogens with two attached hydrogens (primary N) is 3. The quantitative estimate of drug-likeness (QED) is 0.0507. The van der Waals surface area contributed by atoms with Gasteiger partial charge in [-0.2, -0.15) is 0 Å². The van der Waals surface area contributed by atoms with E-state index in [2.05, 4.69) is 15.9 Å². The van der Waals surface area contributed by atoms with E-state index in [-0.39, 0.29) is 128 Å². The van der Waals surface area contributed by atoms with Crippen LogP contribution in [-0.2, 0) is 19.6 Å². The Bertz CT molecular complexity index is 5790. The minimum Gasteiger partial charge on any atom is -0.448 e. The van der Waals surface area contributed by atoms with Crippen molar-refractivity contribution >= 4 is 169 Å². The van der Waals surface area contributed by atoms with Crippen molar-refractivity contribution in [1.29, 1.82) is 0 Å². The van der Waals surface area contributed by atoms with Crippen LogP contribution in [0, 0.1) is 49.1 Å². The first-order chi connectivity index (χ1) is 56.0. The number of fused-ring (bicyclic) bond motifs is 9. The molecule has 6 aromatic carbocycles. The van der Waals surface area contributed by atoms with Crippen molar-refractivity contribution in [2.45, 2.75) is 93.1 Å². The number of carbonyl (C=O) groups is 3. The van der Waals surface area contributed by atoms with E-state index in [4.69, 9.17) is 80.2 Å². The van der Waals surface area contributed by atoms with Crippen LogP contribution >= 0.6 is 84.7 Å². The van der Waals surface area contributed by atoms with E-state index in [9.17, 15) is 41.9 Å². The fourth-order valence-corrected chi connectivity index (χ4v) is 18.2. The molecule has 15 rings (SSSR count). The Balaban J connectivity index is 0.000000152. The minimum atomic E-state index is -0.650. The van der Waals surface area contributed by atoms with Crippen LogP contribution in [0.2, 0.25) is 13.7 Å². The molecule has 3 atom stereocenters. The first kappa shape index (κ1) is 84.8. The number of amides is 3. The molecule has 117 heavy (non-hydrogen) atoms.